The lowest BCUT2D eigenvalue weighted by atomic mass is 10.1. The van der Waals surface area contributed by atoms with Gasteiger partial charge < -0.3 is 19.8 Å². The van der Waals surface area contributed by atoms with Crippen molar-refractivity contribution < 1.29 is 14.3 Å². The monoisotopic (exact) mass is 353 g/mol. The SMILES string of the molecule is CCOC(=O)Nc1cccc(-c2c(N)c3cc(OC)ccc3n2CC)c1. The number of benzene rings is 2. The van der Waals surface area contributed by atoms with Gasteiger partial charge in [-0.25, -0.2) is 4.79 Å². The van der Waals surface area contributed by atoms with Crippen LogP contribution in [0.2, 0.25) is 0 Å². The molecule has 0 saturated heterocycles. The molecule has 1 heterocycles. The minimum atomic E-state index is -0.474. The number of rotatable bonds is 5. The Bertz CT molecular complexity index is 947. The van der Waals surface area contributed by atoms with E-state index in [9.17, 15) is 4.79 Å². The fraction of sp³-hybridized carbons (Fsp3) is 0.250. The molecule has 0 aliphatic rings. The number of nitrogens with zero attached hydrogens (tertiary/aromatic N) is 1. The summed E-state index contributed by atoms with van der Waals surface area (Å²) in [6.45, 7) is 4.94. The van der Waals surface area contributed by atoms with Crippen LogP contribution in [0.25, 0.3) is 22.2 Å². The Morgan fingerprint density at radius 3 is 2.69 bits per heavy atom. The summed E-state index contributed by atoms with van der Waals surface area (Å²) in [5.41, 5.74) is 10.7. The number of carbonyl (C=O) groups excluding carboxylic acids is 1. The van der Waals surface area contributed by atoms with Crippen LogP contribution in [0.4, 0.5) is 16.2 Å². The van der Waals surface area contributed by atoms with Crippen molar-refractivity contribution in [2.24, 2.45) is 0 Å². The van der Waals surface area contributed by atoms with Crippen molar-refractivity contribution >= 4 is 28.4 Å². The molecule has 0 bridgehead atoms. The summed E-state index contributed by atoms with van der Waals surface area (Å²) in [6, 6.07) is 13.5. The average molecular weight is 353 g/mol. The molecule has 3 rings (SSSR count). The molecule has 2 aromatic carbocycles. The van der Waals surface area contributed by atoms with Gasteiger partial charge in [-0.3, -0.25) is 5.32 Å². The van der Waals surface area contributed by atoms with Crippen LogP contribution in [-0.4, -0.2) is 24.4 Å². The predicted octanol–water partition coefficient (Wildman–Crippen LogP) is 4.49. The van der Waals surface area contributed by atoms with E-state index in [-0.39, 0.29) is 0 Å². The molecule has 0 unspecified atom stereocenters. The Morgan fingerprint density at radius 2 is 2.00 bits per heavy atom. The van der Waals surface area contributed by atoms with Crippen molar-refractivity contribution in [2.45, 2.75) is 20.4 Å². The summed E-state index contributed by atoms with van der Waals surface area (Å²) in [6.07, 6.45) is -0.474. The van der Waals surface area contributed by atoms with Crippen LogP contribution in [0, 0.1) is 0 Å². The molecule has 0 fully saturated rings. The topological polar surface area (TPSA) is 78.5 Å². The van der Waals surface area contributed by atoms with Crippen molar-refractivity contribution in [2.75, 3.05) is 24.8 Å². The van der Waals surface area contributed by atoms with E-state index < -0.39 is 6.09 Å². The molecular formula is C20H23N3O3. The summed E-state index contributed by atoms with van der Waals surface area (Å²) in [5, 5.41) is 3.68. The van der Waals surface area contributed by atoms with Gasteiger partial charge in [-0.05, 0) is 44.2 Å². The molecule has 6 heteroatoms. The standard InChI is InChI=1S/C20H23N3O3/c1-4-23-17-10-9-15(25-3)12-16(17)18(21)19(23)13-7-6-8-14(11-13)22-20(24)26-5-2/h6-12H,4-5,21H2,1-3H3,(H,22,24). The number of hydrogen-bond donors (Lipinski definition) is 2. The van der Waals surface area contributed by atoms with Gasteiger partial charge in [0.1, 0.15) is 5.75 Å². The lowest BCUT2D eigenvalue weighted by Crippen LogP contribution is -2.13. The first kappa shape index (κ1) is 17.7. The fourth-order valence-electron chi connectivity index (χ4n) is 3.16. The summed E-state index contributed by atoms with van der Waals surface area (Å²) in [7, 11) is 1.64. The Balaban J connectivity index is 2.10. The number of aromatic nitrogens is 1. The second kappa shape index (κ2) is 7.39. The number of nitrogen functional groups attached to an aromatic ring is 1. The van der Waals surface area contributed by atoms with Crippen molar-refractivity contribution in [3.8, 4) is 17.0 Å². The van der Waals surface area contributed by atoms with Gasteiger partial charge in [0, 0.05) is 23.2 Å². The Hall–Kier alpha value is -3.15. The number of anilines is 2. The maximum Gasteiger partial charge on any atom is 0.411 e. The van der Waals surface area contributed by atoms with Crippen LogP contribution < -0.4 is 15.8 Å². The molecule has 1 amide bonds. The van der Waals surface area contributed by atoms with Crippen LogP contribution in [-0.2, 0) is 11.3 Å². The van der Waals surface area contributed by atoms with E-state index in [0.29, 0.717) is 18.0 Å². The molecule has 0 spiro atoms. The number of amides is 1. The highest BCUT2D eigenvalue weighted by molar-refractivity contribution is 6.02. The van der Waals surface area contributed by atoms with Gasteiger partial charge >= 0.3 is 6.09 Å². The molecule has 0 saturated carbocycles. The van der Waals surface area contributed by atoms with Gasteiger partial charge in [0.25, 0.3) is 0 Å². The number of nitrogens with one attached hydrogen (secondary N) is 1. The molecule has 0 radical (unpaired) electrons. The van der Waals surface area contributed by atoms with Crippen LogP contribution in [0.5, 0.6) is 5.75 Å². The van der Waals surface area contributed by atoms with Gasteiger partial charge in [0.2, 0.25) is 0 Å². The molecule has 26 heavy (non-hydrogen) atoms. The highest BCUT2D eigenvalue weighted by Crippen LogP contribution is 2.38. The number of fused-ring (bicyclic) bond motifs is 1. The molecular weight excluding hydrogens is 330 g/mol. The van der Waals surface area contributed by atoms with Crippen molar-refractivity contribution in [1.29, 1.82) is 0 Å². The summed E-state index contributed by atoms with van der Waals surface area (Å²) < 4.78 is 12.4. The first-order chi connectivity index (χ1) is 12.6. The van der Waals surface area contributed by atoms with Gasteiger partial charge in [0.05, 0.1) is 30.6 Å². The number of nitrogens with two attached hydrogens (primary N) is 1. The van der Waals surface area contributed by atoms with Crippen LogP contribution in [0.3, 0.4) is 0 Å². The molecule has 6 nitrogen and oxygen atoms in total. The third-order valence-corrected chi connectivity index (χ3v) is 4.28. The third-order valence-electron chi connectivity index (χ3n) is 4.28. The maximum absolute atomic E-state index is 11.7. The van der Waals surface area contributed by atoms with E-state index >= 15 is 0 Å². The lowest BCUT2D eigenvalue weighted by Gasteiger charge is -2.11. The van der Waals surface area contributed by atoms with E-state index in [1.165, 1.54) is 0 Å². The number of methoxy groups -OCH3 is 1. The second-order valence-corrected chi connectivity index (χ2v) is 5.82. The van der Waals surface area contributed by atoms with Gasteiger partial charge in [0.15, 0.2) is 0 Å². The molecule has 3 N–H and O–H groups in total. The Morgan fingerprint density at radius 1 is 1.19 bits per heavy atom. The minimum absolute atomic E-state index is 0.324. The van der Waals surface area contributed by atoms with Crippen LogP contribution >= 0.6 is 0 Å². The number of ether oxygens (including phenoxy) is 2. The number of hydrogen-bond acceptors (Lipinski definition) is 4. The molecule has 3 aromatic rings. The van der Waals surface area contributed by atoms with Crippen molar-refractivity contribution in [3.63, 3.8) is 0 Å². The molecule has 0 aliphatic carbocycles. The normalized spacial score (nSPS) is 10.7. The van der Waals surface area contributed by atoms with Gasteiger partial charge in [-0.2, -0.15) is 0 Å². The number of aryl methyl sites for hydroxylation is 1. The largest absolute Gasteiger partial charge is 0.497 e. The van der Waals surface area contributed by atoms with E-state index in [0.717, 1.165) is 34.5 Å². The summed E-state index contributed by atoms with van der Waals surface area (Å²) >= 11 is 0. The highest BCUT2D eigenvalue weighted by atomic mass is 16.5. The molecule has 0 atom stereocenters. The molecule has 1 aromatic heterocycles. The smallest absolute Gasteiger partial charge is 0.411 e. The summed E-state index contributed by atoms with van der Waals surface area (Å²) in [4.78, 5) is 11.7. The van der Waals surface area contributed by atoms with E-state index in [4.69, 9.17) is 15.2 Å². The van der Waals surface area contributed by atoms with Gasteiger partial charge in [-0.1, -0.05) is 12.1 Å². The van der Waals surface area contributed by atoms with Gasteiger partial charge in [-0.15, -0.1) is 0 Å². The van der Waals surface area contributed by atoms with E-state index in [1.807, 2.05) is 42.5 Å². The van der Waals surface area contributed by atoms with Crippen LogP contribution in [0.1, 0.15) is 13.8 Å². The van der Waals surface area contributed by atoms with Crippen LogP contribution in [0.15, 0.2) is 42.5 Å². The Labute approximate surface area is 152 Å². The average Bonchev–Trinajstić information content (AvgIpc) is 2.93. The summed E-state index contributed by atoms with van der Waals surface area (Å²) in [5.74, 6) is 0.765. The first-order valence-electron chi connectivity index (χ1n) is 8.59. The van der Waals surface area contributed by atoms with Crippen molar-refractivity contribution in [3.05, 3.63) is 42.5 Å². The zero-order valence-electron chi connectivity index (χ0n) is 15.2. The van der Waals surface area contributed by atoms with E-state index in [2.05, 4.69) is 16.8 Å². The van der Waals surface area contributed by atoms with E-state index in [1.54, 1.807) is 14.0 Å². The lowest BCUT2D eigenvalue weighted by molar-refractivity contribution is 0.168. The number of carbonyl (C=O) groups is 1. The third kappa shape index (κ3) is 3.18. The first-order valence-corrected chi connectivity index (χ1v) is 8.59. The fourth-order valence-corrected chi connectivity index (χ4v) is 3.16. The minimum Gasteiger partial charge on any atom is -0.497 e. The molecule has 136 valence electrons. The zero-order chi connectivity index (χ0) is 18.7. The highest BCUT2D eigenvalue weighted by Gasteiger charge is 2.17. The quantitative estimate of drug-likeness (QED) is 0.708. The Kier molecular flexibility index (Phi) is 5.02. The molecule has 0 aliphatic heterocycles. The zero-order valence-corrected chi connectivity index (χ0v) is 15.2. The predicted molar refractivity (Wildman–Crippen MR) is 105 cm³/mol. The maximum atomic E-state index is 11.7. The van der Waals surface area contributed by atoms with Crippen molar-refractivity contribution in [1.82, 2.24) is 4.57 Å². The second-order valence-electron chi connectivity index (χ2n) is 5.82.